The molecule has 4 heterocycles. The van der Waals surface area contributed by atoms with E-state index in [4.69, 9.17) is 9.26 Å². The Morgan fingerprint density at radius 2 is 1.88 bits per heavy atom. The van der Waals surface area contributed by atoms with Gasteiger partial charge in [0.2, 0.25) is 11.8 Å². The average Bonchev–Trinajstić information content (AvgIpc) is 2.96. The minimum absolute atomic E-state index is 0.0193. The zero-order chi connectivity index (χ0) is 16.7. The molecule has 0 amide bonds. The lowest BCUT2D eigenvalue weighted by atomic mass is 10.0. The van der Waals surface area contributed by atoms with Gasteiger partial charge < -0.3 is 14.2 Å². The van der Waals surface area contributed by atoms with Gasteiger partial charge in [-0.2, -0.15) is 10.1 Å². The summed E-state index contributed by atoms with van der Waals surface area (Å²) in [6, 6.07) is 0.419. The van der Waals surface area contributed by atoms with E-state index in [0.29, 0.717) is 30.3 Å². The van der Waals surface area contributed by atoms with Gasteiger partial charge in [-0.1, -0.05) is 5.16 Å². The highest BCUT2D eigenvalue weighted by molar-refractivity contribution is 5.35. The third-order valence-corrected chi connectivity index (χ3v) is 4.69. The van der Waals surface area contributed by atoms with Crippen LogP contribution in [0.15, 0.2) is 4.52 Å². The first-order valence-corrected chi connectivity index (χ1v) is 8.18. The van der Waals surface area contributed by atoms with Gasteiger partial charge in [0, 0.05) is 25.7 Å². The van der Waals surface area contributed by atoms with Crippen LogP contribution in [0.2, 0.25) is 0 Å². The van der Waals surface area contributed by atoms with Gasteiger partial charge in [0.25, 0.3) is 0 Å². The van der Waals surface area contributed by atoms with Gasteiger partial charge in [0.05, 0.1) is 24.6 Å². The Labute approximate surface area is 140 Å². The lowest BCUT2D eigenvalue weighted by Gasteiger charge is -2.48. The fraction of sp³-hybridized carbons (Fsp3) is 0.667. The normalized spacial score (nSPS) is 22.6. The molecule has 0 bridgehead atoms. The van der Waals surface area contributed by atoms with Crippen molar-refractivity contribution in [3.05, 3.63) is 23.1 Å². The maximum atomic E-state index is 5.62. The van der Waals surface area contributed by atoms with E-state index in [9.17, 15) is 0 Å². The highest BCUT2D eigenvalue weighted by Gasteiger charge is 2.40. The van der Waals surface area contributed by atoms with Gasteiger partial charge in [-0.15, -0.1) is 5.10 Å². The summed E-state index contributed by atoms with van der Waals surface area (Å²) in [4.78, 5) is 13.4. The predicted octanol–water partition coefficient (Wildman–Crippen LogP) is 0.442. The fourth-order valence-corrected chi connectivity index (χ4v) is 3.12. The second kappa shape index (κ2) is 6.06. The number of ether oxygens (including phenoxy) is 1. The average molecular weight is 331 g/mol. The summed E-state index contributed by atoms with van der Waals surface area (Å²) >= 11 is 0. The first kappa shape index (κ1) is 15.4. The van der Waals surface area contributed by atoms with Crippen molar-refractivity contribution in [1.82, 2.24) is 30.2 Å². The number of aromatic nitrogens is 5. The van der Waals surface area contributed by atoms with Crippen LogP contribution in [0.25, 0.3) is 0 Å². The molecule has 1 unspecified atom stereocenters. The summed E-state index contributed by atoms with van der Waals surface area (Å²) in [7, 11) is 0. The molecule has 2 aliphatic heterocycles. The summed E-state index contributed by atoms with van der Waals surface area (Å²) in [6.07, 6.45) is 0. The molecule has 1 atom stereocenters. The first-order chi connectivity index (χ1) is 11.6. The van der Waals surface area contributed by atoms with Crippen LogP contribution in [0, 0.1) is 20.8 Å². The van der Waals surface area contributed by atoms with E-state index in [1.54, 1.807) is 0 Å². The molecular formula is C15H21N7O2. The van der Waals surface area contributed by atoms with E-state index < -0.39 is 0 Å². The van der Waals surface area contributed by atoms with E-state index in [1.165, 1.54) is 0 Å². The molecule has 0 spiro atoms. The molecule has 0 aliphatic carbocycles. The molecule has 0 radical (unpaired) electrons. The minimum atomic E-state index is 0.0193. The zero-order valence-electron chi connectivity index (χ0n) is 14.1. The van der Waals surface area contributed by atoms with Crippen molar-refractivity contribution < 1.29 is 9.26 Å². The van der Waals surface area contributed by atoms with E-state index in [1.807, 2.05) is 20.8 Å². The van der Waals surface area contributed by atoms with E-state index in [-0.39, 0.29) is 6.04 Å². The Balaban J connectivity index is 1.45. The van der Waals surface area contributed by atoms with Crippen LogP contribution in [0.1, 0.15) is 29.1 Å². The molecule has 4 rings (SSSR count). The SMILES string of the molecule is Cc1noc(C2COCCN2C2CN(c3nnc(C)c(C)n3)C2)n1. The quantitative estimate of drug-likeness (QED) is 0.794. The molecule has 2 aliphatic rings. The van der Waals surface area contributed by atoms with E-state index >= 15 is 0 Å². The van der Waals surface area contributed by atoms with Crippen molar-refractivity contribution in [2.24, 2.45) is 0 Å². The van der Waals surface area contributed by atoms with Gasteiger partial charge in [-0.3, -0.25) is 4.90 Å². The molecule has 24 heavy (non-hydrogen) atoms. The number of hydrogen-bond donors (Lipinski definition) is 0. The van der Waals surface area contributed by atoms with Crippen LogP contribution in [0.5, 0.6) is 0 Å². The summed E-state index contributed by atoms with van der Waals surface area (Å²) in [5.74, 6) is 1.99. The standard InChI is InChI=1S/C15H21N7O2/c1-9-10(2)18-19-15(16-9)21-6-12(7-21)22-4-5-23-8-13(22)14-17-11(3)20-24-14/h12-13H,4-8H2,1-3H3. The van der Waals surface area contributed by atoms with Gasteiger partial charge in [0.15, 0.2) is 5.82 Å². The lowest BCUT2D eigenvalue weighted by Crippen LogP contribution is -2.62. The Hall–Kier alpha value is -2.13. The van der Waals surface area contributed by atoms with Crippen molar-refractivity contribution in [3.8, 4) is 0 Å². The second-order valence-corrected chi connectivity index (χ2v) is 6.35. The molecule has 0 N–H and O–H groups in total. The number of morpholine rings is 1. The van der Waals surface area contributed by atoms with Crippen molar-refractivity contribution in [3.63, 3.8) is 0 Å². The van der Waals surface area contributed by atoms with Crippen LogP contribution < -0.4 is 4.90 Å². The van der Waals surface area contributed by atoms with Crippen LogP contribution in [0.3, 0.4) is 0 Å². The highest BCUT2D eigenvalue weighted by atomic mass is 16.5. The second-order valence-electron chi connectivity index (χ2n) is 6.35. The van der Waals surface area contributed by atoms with Crippen molar-refractivity contribution in [2.45, 2.75) is 32.9 Å². The molecular weight excluding hydrogens is 310 g/mol. The highest BCUT2D eigenvalue weighted by Crippen LogP contribution is 2.30. The van der Waals surface area contributed by atoms with Gasteiger partial charge in [-0.25, -0.2) is 4.98 Å². The molecule has 9 nitrogen and oxygen atoms in total. The molecule has 2 saturated heterocycles. The number of rotatable bonds is 3. The molecule has 9 heteroatoms. The Morgan fingerprint density at radius 3 is 2.58 bits per heavy atom. The first-order valence-electron chi connectivity index (χ1n) is 8.18. The monoisotopic (exact) mass is 331 g/mol. The lowest BCUT2D eigenvalue weighted by molar-refractivity contribution is -0.0463. The molecule has 2 aromatic rings. The van der Waals surface area contributed by atoms with Crippen LogP contribution in [0.4, 0.5) is 5.95 Å². The predicted molar refractivity (Wildman–Crippen MR) is 84.6 cm³/mol. The number of anilines is 1. The Morgan fingerprint density at radius 1 is 1.04 bits per heavy atom. The van der Waals surface area contributed by atoms with E-state index in [0.717, 1.165) is 37.6 Å². The smallest absolute Gasteiger partial charge is 0.246 e. The van der Waals surface area contributed by atoms with Gasteiger partial charge >= 0.3 is 0 Å². The largest absolute Gasteiger partial charge is 0.378 e. The maximum Gasteiger partial charge on any atom is 0.246 e. The molecule has 2 aromatic heterocycles. The van der Waals surface area contributed by atoms with Crippen molar-refractivity contribution in [1.29, 1.82) is 0 Å². The topological polar surface area (TPSA) is 93.3 Å². The Bertz CT molecular complexity index is 728. The number of aryl methyl sites for hydroxylation is 3. The number of nitrogens with zero attached hydrogens (tertiary/aromatic N) is 7. The van der Waals surface area contributed by atoms with E-state index in [2.05, 4.69) is 35.1 Å². The fourth-order valence-electron chi connectivity index (χ4n) is 3.12. The van der Waals surface area contributed by atoms with Crippen molar-refractivity contribution in [2.75, 3.05) is 37.7 Å². The summed E-state index contributed by atoms with van der Waals surface area (Å²) in [6.45, 7) is 9.61. The maximum absolute atomic E-state index is 5.62. The van der Waals surface area contributed by atoms with Gasteiger partial charge in [-0.05, 0) is 20.8 Å². The van der Waals surface area contributed by atoms with Crippen LogP contribution >= 0.6 is 0 Å². The summed E-state index contributed by atoms with van der Waals surface area (Å²) < 4.78 is 11.0. The third kappa shape index (κ3) is 2.73. The minimum Gasteiger partial charge on any atom is -0.378 e. The molecule has 0 aromatic carbocycles. The van der Waals surface area contributed by atoms with Gasteiger partial charge in [0.1, 0.15) is 6.04 Å². The summed E-state index contributed by atoms with van der Waals surface area (Å²) in [5, 5.41) is 12.3. The van der Waals surface area contributed by atoms with Crippen LogP contribution in [-0.2, 0) is 4.74 Å². The Kier molecular flexibility index (Phi) is 3.89. The third-order valence-electron chi connectivity index (χ3n) is 4.69. The molecule has 2 fully saturated rings. The van der Waals surface area contributed by atoms with Crippen LogP contribution in [-0.4, -0.2) is 69.1 Å². The molecule has 128 valence electrons. The summed E-state index contributed by atoms with van der Waals surface area (Å²) in [5.41, 5.74) is 1.80. The van der Waals surface area contributed by atoms with Crippen molar-refractivity contribution >= 4 is 5.95 Å². The zero-order valence-corrected chi connectivity index (χ0v) is 14.1. The molecule has 0 saturated carbocycles. The number of hydrogen-bond acceptors (Lipinski definition) is 9.